The average Bonchev–Trinajstić information content (AvgIpc) is 3.31. The van der Waals surface area contributed by atoms with Crippen molar-refractivity contribution >= 4 is 21.9 Å². The van der Waals surface area contributed by atoms with Gasteiger partial charge in [0.15, 0.2) is 11.8 Å². The Morgan fingerprint density at radius 1 is 0.767 bits per heavy atom. The van der Waals surface area contributed by atoms with E-state index in [-0.39, 0.29) is 4.90 Å². The molecule has 11 nitrogen and oxygen atoms in total. The molecule has 0 radical (unpaired) electrons. The molecule has 3 aliphatic heterocycles. The van der Waals surface area contributed by atoms with Gasteiger partial charge in [-0.25, -0.2) is 9.98 Å². The van der Waals surface area contributed by atoms with E-state index < -0.39 is 34.5 Å². The van der Waals surface area contributed by atoms with E-state index in [4.69, 9.17) is 33.7 Å². The Morgan fingerprint density at radius 2 is 1.16 bits per heavy atom. The summed E-state index contributed by atoms with van der Waals surface area (Å²) in [6.45, 7) is 20.3. The smallest absolute Gasteiger partial charge is 0.297 e. The summed E-state index contributed by atoms with van der Waals surface area (Å²) in [5.74, 6) is 2.63. The first-order valence-electron chi connectivity index (χ1n) is 15.0. The van der Waals surface area contributed by atoms with E-state index in [1.54, 1.807) is 32.0 Å². The van der Waals surface area contributed by atoms with Crippen LogP contribution in [-0.4, -0.2) is 97.5 Å². The first-order valence-corrected chi connectivity index (χ1v) is 16.4. The summed E-state index contributed by atoms with van der Waals surface area (Å²) >= 11 is 0. The fourth-order valence-electron chi connectivity index (χ4n) is 3.10. The second-order valence-corrected chi connectivity index (χ2v) is 13.4. The van der Waals surface area contributed by atoms with Gasteiger partial charge in [0.1, 0.15) is 19.3 Å². The predicted molar refractivity (Wildman–Crippen MR) is 168 cm³/mol. The first-order chi connectivity index (χ1) is 19.9. The van der Waals surface area contributed by atoms with E-state index in [1.807, 2.05) is 0 Å². The number of hydrogen-bond donors (Lipinski definition) is 3. The number of aliphatic hydroxyl groups excluding tert-OH is 3. The van der Waals surface area contributed by atoms with Crippen LogP contribution in [0.25, 0.3) is 0 Å². The number of nitrogens with zero attached hydrogens (tertiary/aromatic N) is 2. The molecule has 1 fully saturated rings. The summed E-state index contributed by atoms with van der Waals surface area (Å²) in [6.07, 6.45) is -1.05. The van der Waals surface area contributed by atoms with Crippen LogP contribution in [0.4, 0.5) is 0 Å². The minimum atomic E-state index is -3.76. The van der Waals surface area contributed by atoms with Gasteiger partial charge in [-0.3, -0.25) is 4.18 Å². The lowest BCUT2D eigenvalue weighted by atomic mass is 10.1. The summed E-state index contributed by atoms with van der Waals surface area (Å²) in [7, 11) is -3.76. The molecule has 43 heavy (non-hydrogen) atoms. The van der Waals surface area contributed by atoms with Crippen molar-refractivity contribution in [3.63, 3.8) is 0 Å². The van der Waals surface area contributed by atoms with Gasteiger partial charge in [-0.15, -0.1) is 0 Å². The molecule has 0 spiro atoms. The average molecular weight is 631 g/mol. The van der Waals surface area contributed by atoms with Gasteiger partial charge in [-0.05, 0) is 65.5 Å². The Morgan fingerprint density at radius 3 is 1.44 bits per heavy atom. The molecule has 1 aromatic rings. The Kier molecular flexibility index (Phi) is 16.9. The van der Waals surface area contributed by atoms with Crippen molar-refractivity contribution in [3.05, 3.63) is 30.3 Å². The molecule has 0 amide bonds. The number of rotatable bonds is 9. The maximum atomic E-state index is 11.6. The molecule has 0 aliphatic carbocycles. The van der Waals surface area contributed by atoms with E-state index >= 15 is 0 Å². The molecule has 8 atom stereocenters. The summed E-state index contributed by atoms with van der Waals surface area (Å²) < 4.78 is 44.1. The van der Waals surface area contributed by atoms with Crippen LogP contribution >= 0.6 is 0 Å². The number of epoxide rings is 1. The van der Waals surface area contributed by atoms with Crippen molar-refractivity contribution in [3.8, 4) is 0 Å². The maximum absolute atomic E-state index is 11.6. The van der Waals surface area contributed by atoms with Crippen LogP contribution in [-0.2, 0) is 28.5 Å². The summed E-state index contributed by atoms with van der Waals surface area (Å²) in [5.41, 5.74) is 0. The van der Waals surface area contributed by atoms with Crippen LogP contribution < -0.4 is 0 Å². The third kappa shape index (κ3) is 15.5. The lowest BCUT2D eigenvalue weighted by molar-refractivity contribution is 0.0438. The second-order valence-electron chi connectivity index (χ2n) is 11.8. The highest BCUT2D eigenvalue weighted by Gasteiger charge is 2.28. The van der Waals surface area contributed by atoms with Crippen molar-refractivity contribution < 1.29 is 42.1 Å². The third-order valence-electron chi connectivity index (χ3n) is 7.00. The van der Waals surface area contributed by atoms with Crippen LogP contribution in [0.2, 0.25) is 0 Å². The molecule has 0 aromatic heterocycles. The van der Waals surface area contributed by atoms with Crippen molar-refractivity contribution in [2.45, 2.75) is 129 Å². The lowest BCUT2D eigenvalue weighted by Crippen LogP contribution is -2.26. The van der Waals surface area contributed by atoms with Gasteiger partial charge in [-0.1, -0.05) is 45.9 Å². The largest absolute Gasteiger partial charge is 0.478 e. The summed E-state index contributed by atoms with van der Waals surface area (Å²) in [6, 6.07) is 8.44. The van der Waals surface area contributed by atoms with Gasteiger partial charge in [-0.2, -0.15) is 8.42 Å². The molecule has 0 saturated carbocycles. The third-order valence-corrected chi connectivity index (χ3v) is 8.41. The molecule has 12 heteroatoms. The molecule has 3 aliphatic rings. The van der Waals surface area contributed by atoms with Crippen LogP contribution in [0.1, 0.15) is 75.7 Å². The molecule has 4 rings (SSSR count). The summed E-state index contributed by atoms with van der Waals surface area (Å²) in [4.78, 5) is 9.20. The van der Waals surface area contributed by atoms with Crippen LogP contribution in [0.5, 0.6) is 0 Å². The maximum Gasteiger partial charge on any atom is 0.297 e. The SMILES string of the molecule is CC(C)[C@H]1COC(CC2=N[C@@H](C(C)C)CO2)=N1.C[C@@H]1O[C@H]1C.C[C@H](O)[C@@H](C)O.C[C@H](O)[C@@H](C)OS(=O)(=O)c1ccccc1. The molecule has 1 aromatic carbocycles. The van der Waals surface area contributed by atoms with Crippen molar-refractivity contribution in [1.29, 1.82) is 0 Å². The van der Waals surface area contributed by atoms with Gasteiger partial charge >= 0.3 is 0 Å². The normalized spacial score (nSPS) is 25.2. The van der Waals surface area contributed by atoms with E-state index in [2.05, 4.69) is 51.5 Å². The van der Waals surface area contributed by atoms with E-state index in [0.29, 0.717) is 55.8 Å². The highest BCUT2D eigenvalue weighted by molar-refractivity contribution is 7.86. The van der Waals surface area contributed by atoms with Crippen LogP contribution in [0.3, 0.4) is 0 Å². The Hall–Kier alpha value is -2.09. The Balaban J connectivity index is 0.000000321. The van der Waals surface area contributed by atoms with Crippen molar-refractivity contribution in [1.82, 2.24) is 0 Å². The standard InChI is InChI=1S/C13H22N2O2.C10H14O4S.C4H10O2.C4H8O/c1-8(2)10-6-16-12(14-10)5-13-15-11(7-17-13)9(3)4;1-8(11)9(2)14-15(12,13)10-6-4-3-5-7-10;1-3(5)4(2)6;1-3-4(2)5-3/h8-11H,5-7H2,1-4H3;3-9,11H,1-2H3;3-6H,1-2H3;3-4H,1-2H3/t10-,11-;8-,9+;3-,4+;3-,4-/m10.0/s1. The molecular formula is C31H54N2O9S. The zero-order chi connectivity index (χ0) is 32.9. The van der Waals surface area contributed by atoms with Gasteiger partial charge in [0.05, 0.1) is 53.9 Å². The minimum absolute atomic E-state index is 0.0949. The predicted octanol–water partition coefficient (Wildman–Crippen LogP) is 3.99. The monoisotopic (exact) mass is 630 g/mol. The highest BCUT2D eigenvalue weighted by atomic mass is 32.2. The van der Waals surface area contributed by atoms with E-state index in [9.17, 15) is 8.42 Å². The molecule has 3 N–H and O–H groups in total. The zero-order valence-corrected chi connectivity index (χ0v) is 28.2. The van der Waals surface area contributed by atoms with Gasteiger partial charge in [0.25, 0.3) is 10.1 Å². The number of aliphatic imine (C=N–C) groups is 2. The topological polar surface area (TPSA) is 160 Å². The van der Waals surface area contributed by atoms with Crippen LogP contribution in [0.15, 0.2) is 45.2 Å². The van der Waals surface area contributed by atoms with E-state index in [0.717, 1.165) is 11.8 Å². The molecular weight excluding hydrogens is 576 g/mol. The molecule has 1 saturated heterocycles. The van der Waals surface area contributed by atoms with Crippen molar-refractivity contribution in [2.24, 2.45) is 21.8 Å². The molecule has 0 unspecified atom stereocenters. The van der Waals surface area contributed by atoms with E-state index in [1.165, 1.54) is 26.0 Å². The molecule has 248 valence electrons. The number of ether oxygens (including phenoxy) is 3. The zero-order valence-electron chi connectivity index (χ0n) is 27.4. The lowest BCUT2D eigenvalue weighted by Gasteiger charge is -2.15. The minimum Gasteiger partial charge on any atom is -0.478 e. The number of hydrogen-bond acceptors (Lipinski definition) is 11. The first kappa shape index (κ1) is 38.9. The number of benzene rings is 1. The Labute approximate surface area is 258 Å². The summed E-state index contributed by atoms with van der Waals surface area (Å²) in [5, 5.41) is 25.9. The molecule has 0 bridgehead atoms. The van der Waals surface area contributed by atoms with Gasteiger partial charge in [0.2, 0.25) is 0 Å². The quantitative estimate of drug-likeness (QED) is 0.271. The highest BCUT2D eigenvalue weighted by Crippen LogP contribution is 2.20. The van der Waals surface area contributed by atoms with Gasteiger partial charge < -0.3 is 29.5 Å². The van der Waals surface area contributed by atoms with Crippen LogP contribution in [0, 0.1) is 11.8 Å². The Bertz CT molecular complexity index is 1050. The molecule has 3 heterocycles. The van der Waals surface area contributed by atoms with Gasteiger partial charge in [0, 0.05) is 0 Å². The number of aliphatic hydroxyl groups is 3. The second kappa shape index (κ2) is 18.7. The van der Waals surface area contributed by atoms with Crippen molar-refractivity contribution in [2.75, 3.05) is 13.2 Å². The fraction of sp³-hybridized carbons (Fsp3) is 0.742. The fourth-order valence-corrected chi connectivity index (χ4v) is 4.27.